The van der Waals surface area contributed by atoms with E-state index < -0.39 is 5.97 Å². The van der Waals surface area contributed by atoms with Gasteiger partial charge in [-0.15, -0.1) is 11.3 Å². The summed E-state index contributed by atoms with van der Waals surface area (Å²) in [5.74, 6) is -0.947. The summed E-state index contributed by atoms with van der Waals surface area (Å²) in [7, 11) is 0. The molecule has 1 unspecified atom stereocenters. The van der Waals surface area contributed by atoms with Crippen LogP contribution in [-0.4, -0.2) is 17.6 Å². The van der Waals surface area contributed by atoms with Crippen LogP contribution in [0.5, 0.6) is 0 Å². The number of carbonyl (C=O) groups is 1. The lowest BCUT2D eigenvalue weighted by molar-refractivity contribution is -0.142. The number of rotatable bonds is 5. The van der Waals surface area contributed by atoms with Crippen LogP contribution in [0.25, 0.3) is 0 Å². The van der Waals surface area contributed by atoms with E-state index in [1.54, 1.807) is 11.3 Å². The Morgan fingerprint density at radius 3 is 2.67 bits per heavy atom. The molecule has 0 saturated heterocycles. The van der Waals surface area contributed by atoms with Crippen molar-refractivity contribution < 1.29 is 9.90 Å². The van der Waals surface area contributed by atoms with E-state index in [-0.39, 0.29) is 11.8 Å². The number of thiophene rings is 1. The van der Waals surface area contributed by atoms with Crippen molar-refractivity contribution in [2.24, 2.45) is 11.8 Å². The molecule has 0 aliphatic heterocycles. The van der Waals surface area contributed by atoms with Crippen LogP contribution in [-0.2, 0) is 4.79 Å². The van der Waals surface area contributed by atoms with E-state index in [1.807, 2.05) is 26.0 Å². The molecule has 0 fully saturated rings. The molecule has 0 aliphatic carbocycles. The summed E-state index contributed by atoms with van der Waals surface area (Å²) in [5.41, 5.74) is 0. The van der Waals surface area contributed by atoms with Crippen LogP contribution in [0.2, 0.25) is 0 Å². The maximum Gasteiger partial charge on any atom is 0.308 e. The third kappa shape index (κ3) is 3.83. The van der Waals surface area contributed by atoms with E-state index in [4.69, 9.17) is 5.11 Å². The van der Waals surface area contributed by atoms with Gasteiger partial charge in [0.15, 0.2) is 0 Å². The van der Waals surface area contributed by atoms with Crippen molar-refractivity contribution in [3.63, 3.8) is 0 Å². The molecule has 3 nitrogen and oxygen atoms in total. The van der Waals surface area contributed by atoms with Crippen LogP contribution in [0.15, 0.2) is 15.9 Å². The average Bonchev–Trinajstić information content (AvgIpc) is 2.50. The highest BCUT2D eigenvalue weighted by molar-refractivity contribution is 9.11. The van der Waals surface area contributed by atoms with Crippen LogP contribution in [0.1, 0.15) is 13.8 Å². The molecule has 84 valence electrons. The first-order valence-corrected chi connectivity index (χ1v) is 6.33. The van der Waals surface area contributed by atoms with Crippen molar-refractivity contribution in [3.05, 3.63) is 15.9 Å². The molecule has 1 heterocycles. The van der Waals surface area contributed by atoms with Crippen LogP contribution in [0.4, 0.5) is 5.00 Å². The molecular weight excluding hydrogens is 278 g/mol. The number of carboxylic acids is 1. The van der Waals surface area contributed by atoms with Crippen LogP contribution < -0.4 is 5.32 Å². The second kappa shape index (κ2) is 5.51. The molecule has 5 heteroatoms. The molecule has 0 aliphatic rings. The number of anilines is 1. The maximum atomic E-state index is 10.9. The number of nitrogens with one attached hydrogen (secondary N) is 1. The van der Waals surface area contributed by atoms with Gasteiger partial charge in [-0.3, -0.25) is 4.79 Å². The fourth-order valence-corrected chi connectivity index (χ4v) is 2.52. The predicted molar refractivity (Wildman–Crippen MR) is 66.5 cm³/mol. The summed E-state index contributed by atoms with van der Waals surface area (Å²) in [6.07, 6.45) is 0. The molecule has 0 saturated carbocycles. The quantitative estimate of drug-likeness (QED) is 0.875. The standard InChI is InChI=1S/C10H14BrNO2S/c1-6(2)7(10(13)14)5-12-9-4-3-8(11)15-9/h3-4,6-7,12H,5H2,1-2H3,(H,13,14). The second-order valence-corrected chi connectivity index (χ2v) is 6.14. The van der Waals surface area contributed by atoms with Gasteiger partial charge >= 0.3 is 5.97 Å². The van der Waals surface area contributed by atoms with E-state index in [2.05, 4.69) is 21.2 Å². The van der Waals surface area contributed by atoms with Gasteiger partial charge in [-0.2, -0.15) is 0 Å². The Balaban J connectivity index is 2.50. The van der Waals surface area contributed by atoms with Crippen LogP contribution in [0.3, 0.4) is 0 Å². The van der Waals surface area contributed by atoms with Crippen molar-refractivity contribution in [2.75, 3.05) is 11.9 Å². The van der Waals surface area contributed by atoms with E-state index in [0.29, 0.717) is 6.54 Å². The SMILES string of the molecule is CC(C)C(CNc1ccc(Br)s1)C(=O)O. The zero-order valence-electron chi connectivity index (χ0n) is 8.66. The zero-order valence-corrected chi connectivity index (χ0v) is 11.1. The summed E-state index contributed by atoms with van der Waals surface area (Å²) in [5, 5.41) is 13.1. The minimum absolute atomic E-state index is 0.137. The van der Waals surface area contributed by atoms with E-state index in [9.17, 15) is 4.79 Å². The summed E-state index contributed by atoms with van der Waals surface area (Å²) in [6, 6.07) is 3.88. The lowest BCUT2D eigenvalue weighted by Crippen LogP contribution is -2.27. The lowest BCUT2D eigenvalue weighted by atomic mass is 9.96. The first kappa shape index (κ1) is 12.5. The average molecular weight is 292 g/mol. The molecule has 2 N–H and O–H groups in total. The van der Waals surface area contributed by atoms with E-state index >= 15 is 0 Å². The largest absolute Gasteiger partial charge is 0.481 e. The minimum Gasteiger partial charge on any atom is -0.481 e. The van der Waals surface area contributed by atoms with Crippen molar-refractivity contribution in [1.82, 2.24) is 0 Å². The maximum absolute atomic E-state index is 10.9. The molecule has 0 bridgehead atoms. The molecule has 0 radical (unpaired) electrons. The molecule has 1 atom stereocenters. The molecule has 0 aromatic carbocycles. The van der Waals surface area contributed by atoms with Gasteiger partial charge < -0.3 is 10.4 Å². The fraction of sp³-hybridized carbons (Fsp3) is 0.500. The number of carboxylic acid groups (broad SMARTS) is 1. The summed E-state index contributed by atoms with van der Waals surface area (Å²) in [6.45, 7) is 4.32. The highest BCUT2D eigenvalue weighted by Gasteiger charge is 2.20. The van der Waals surface area contributed by atoms with E-state index in [0.717, 1.165) is 8.79 Å². The smallest absolute Gasteiger partial charge is 0.308 e. The Labute approximate surface area is 102 Å². The van der Waals surface area contributed by atoms with Gasteiger partial charge in [-0.25, -0.2) is 0 Å². The van der Waals surface area contributed by atoms with Crippen LogP contribution in [0, 0.1) is 11.8 Å². The fourth-order valence-electron chi connectivity index (χ4n) is 1.23. The number of aliphatic carboxylic acids is 1. The number of hydrogen-bond acceptors (Lipinski definition) is 3. The highest BCUT2D eigenvalue weighted by atomic mass is 79.9. The molecule has 1 aromatic rings. The molecule has 0 spiro atoms. The summed E-state index contributed by atoms with van der Waals surface area (Å²) < 4.78 is 1.04. The molecule has 1 aromatic heterocycles. The third-order valence-corrected chi connectivity index (χ3v) is 3.77. The number of hydrogen-bond donors (Lipinski definition) is 2. The van der Waals surface area contributed by atoms with Crippen molar-refractivity contribution in [2.45, 2.75) is 13.8 Å². The van der Waals surface area contributed by atoms with Gasteiger partial charge in [-0.05, 0) is 34.0 Å². The van der Waals surface area contributed by atoms with Crippen LogP contribution >= 0.6 is 27.3 Å². The zero-order chi connectivity index (χ0) is 11.4. The highest BCUT2D eigenvalue weighted by Crippen LogP contribution is 2.27. The Hall–Kier alpha value is -0.550. The van der Waals surface area contributed by atoms with Gasteiger partial charge in [0, 0.05) is 6.54 Å². The molecule has 1 rings (SSSR count). The van der Waals surface area contributed by atoms with E-state index in [1.165, 1.54) is 0 Å². The second-order valence-electron chi connectivity index (χ2n) is 3.67. The van der Waals surface area contributed by atoms with Crippen molar-refractivity contribution in [3.8, 4) is 0 Å². The Kier molecular flexibility index (Phi) is 4.60. The lowest BCUT2D eigenvalue weighted by Gasteiger charge is -2.16. The monoisotopic (exact) mass is 291 g/mol. The minimum atomic E-state index is -0.742. The van der Waals surface area contributed by atoms with Gasteiger partial charge in [0.2, 0.25) is 0 Å². The van der Waals surface area contributed by atoms with Gasteiger partial charge in [0.25, 0.3) is 0 Å². The first-order chi connectivity index (χ1) is 7.00. The van der Waals surface area contributed by atoms with Gasteiger partial charge in [-0.1, -0.05) is 13.8 Å². The van der Waals surface area contributed by atoms with Gasteiger partial charge in [0.1, 0.15) is 0 Å². The Morgan fingerprint density at radius 1 is 1.60 bits per heavy atom. The first-order valence-electron chi connectivity index (χ1n) is 4.72. The Morgan fingerprint density at radius 2 is 2.27 bits per heavy atom. The third-order valence-electron chi connectivity index (χ3n) is 2.19. The Bertz CT molecular complexity index is 338. The topological polar surface area (TPSA) is 49.3 Å². The number of halogens is 1. The molecule has 0 amide bonds. The van der Waals surface area contributed by atoms with Gasteiger partial charge in [0.05, 0.1) is 14.7 Å². The molecule has 15 heavy (non-hydrogen) atoms. The normalized spacial score (nSPS) is 12.8. The summed E-state index contributed by atoms with van der Waals surface area (Å²) >= 11 is 4.93. The molecular formula is C10H14BrNO2S. The summed E-state index contributed by atoms with van der Waals surface area (Å²) in [4.78, 5) is 10.9. The van der Waals surface area contributed by atoms with Crippen molar-refractivity contribution in [1.29, 1.82) is 0 Å². The van der Waals surface area contributed by atoms with Crippen molar-refractivity contribution >= 4 is 38.2 Å². The predicted octanol–water partition coefficient (Wildman–Crippen LogP) is 3.28.